The van der Waals surface area contributed by atoms with Crippen molar-refractivity contribution in [2.45, 2.75) is 37.0 Å². The molecule has 0 radical (unpaired) electrons. The molecule has 7 rings (SSSR count). The maximum atomic E-state index is 13.2. The fraction of sp³-hybridized carbons (Fsp3) is 0.345. The monoisotopic (exact) mass is 590 g/mol. The number of thiophene rings is 1. The number of amides is 1. The van der Waals surface area contributed by atoms with Crippen LogP contribution in [0.5, 0.6) is 0 Å². The number of likely N-dealkylation sites (tertiary alicyclic amines) is 2. The van der Waals surface area contributed by atoms with Gasteiger partial charge in [-0.05, 0) is 42.5 Å². The summed E-state index contributed by atoms with van der Waals surface area (Å²) in [4.78, 5) is 29.6. The van der Waals surface area contributed by atoms with Crippen molar-refractivity contribution in [1.82, 2.24) is 34.5 Å². The maximum absolute atomic E-state index is 13.2. The van der Waals surface area contributed by atoms with E-state index in [2.05, 4.69) is 31.0 Å². The molecule has 13 heteroatoms. The molecule has 2 fully saturated rings. The van der Waals surface area contributed by atoms with Crippen LogP contribution >= 0.6 is 11.3 Å². The van der Waals surface area contributed by atoms with E-state index in [1.54, 1.807) is 17.2 Å². The van der Waals surface area contributed by atoms with Gasteiger partial charge in [0.25, 0.3) is 5.91 Å². The molecule has 0 atom stereocenters. The summed E-state index contributed by atoms with van der Waals surface area (Å²) in [5, 5.41) is 15.8. The zero-order valence-corrected chi connectivity index (χ0v) is 23.1. The van der Waals surface area contributed by atoms with Gasteiger partial charge in [-0.2, -0.15) is 23.5 Å². The maximum Gasteiger partial charge on any atom is 0.416 e. The van der Waals surface area contributed by atoms with Gasteiger partial charge in [0.15, 0.2) is 0 Å². The van der Waals surface area contributed by atoms with Gasteiger partial charge < -0.3 is 9.88 Å². The van der Waals surface area contributed by atoms with Crippen LogP contribution in [0.2, 0.25) is 0 Å². The first-order chi connectivity index (χ1) is 20.2. The Kier molecular flexibility index (Phi) is 6.29. The number of piperidine rings is 1. The van der Waals surface area contributed by atoms with Crippen molar-refractivity contribution in [2.24, 2.45) is 0 Å². The highest BCUT2D eigenvalue weighted by Crippen LogP contribution is 2.38. The highest BCUT2D eigenvalue weighted by molar-refractivity contribution is 7.20. The number of alkyl halides is 3. The van der Waals surface area contributed by atoms with Gasteiger partial charge in [0.05, 0.1) is 34.8 Å². The summed E-state index contributed by atoms with van der Waals surface area (Å²) in [6, 6.07) is 9.80. The first-order valence-corrected chi connectivity index (χ1v) is 14.4. The molecular formula is C29H25F3N8OS. The lowest BCUT2D eigenvalue weighted by atomic mass is 9.84. The summed E-state index contributed by atoms with van der Waals surface area (Å²) in [6.45, 7) is 2.50. The molecule has 6 heterocycles. The van der Waals surface area contributed by atoms with Gasteiger partial charge in [-0.3, -0.25) is 14.4 Å². The van der Waals surface area contributed by atoms with Crippen molar-refractivity contribution in [1.29, 1.82) is 5.26 Å². The summed E-state index contributed by atoms with van der Waals surface area (Å²) in [5.41, 5.74) is 1.25. The van der Waals surface area contributed by atoms with E-state index in [9.17, 15) is 23.2 Å². The number of aromatic amines is 1. The third-order valence-corrected chi connectivity index (χ3v) is 9.51. The van der Waals surface area contributed by atoms with Crippen LogP contribution < -0.4 is 0 Å². The van der Waals surface area contributed by atoms with Gasteiger partial charge in [0.1, 0.15) is 17.5 Å². The van der Waals surface area contributed by atoms with Crippen LogP contribution in [0.25, 0.3) is 32.4 Å². The standard InChI is InChI=1S/C29H25F3N8OS/c30-29(31,32)20-2-1-18-11-24(42-23(18)12-20)27(41)38-9-4-21(5-10-38)39-15-28(16-39,6-7-33)40-14-19(13-37-40)25-22-3-8-34-26(22)36-17-35-25/h1-3,8,11-14,17,21H,4-6,9-10,15-16H2,(H,34,35,36). The normalized spacial score (nSPS) is 17.9. The summed E-state index contributed by atoms with van der Waals surface area (Å²) in [5.74, 6) is -0.143. The Morgan fingerprint density at radius 2 is 1.98 bits per heavy atom. The molecule has 2 aliphatic rings. The van der Waals surface area contributed by atoms with Crippen LogP contribution in [0.1, 0.15) is 34.5 Å². The number of carbonyl (C=O) groups is 1. The van der Waals surface area contributed by atoms with E-state index < -0.39 is 17.3 Å². The third kappa shape index (κ3) is 4.51. The second-order valence-corrected chi connectivity index (χ2v) is 12.1. The molecule has 0 aliphatic carbocycles. The number of nitriles is 1. The van der Waals surface area contributed by atoms with E-state index in [-0.39, 0.29) is 11.9 Å². The number of carbonyl (C=O) groups excluding carboxylic acids is 1. The number of H-pyrrole nitrogens is 1. The minimum atomic E-state index is -4.42. The highest BCUT2D eigenvalue weighted by Gasteiger charge is 2.48. The second-order valence-electron chi connectivity index (χ2n) is 11.0. The molecule has 1 N–H and O–H groups in total. The average Bonchev–Trinajstić information content (AvgIpc) is 3.73. The number of aromatic nitrogens is 5. The van der Waals surface area contributed by atoms with Crippen molar-refractivity contribution in [3.63, 3.8) is 0 Å². The van der Waals surface area contributed by atoms with Gasteiger partial charge in [-0.15, -0.1) is 11.3 Å². The van der Waals surface area contributed by atoms with Gasteiger partial charge in [0, 0.05) is 60.3 Å². The van der Waals surface area contributed by atoms with Crippen LogP contribution in [-0.4, -0.2) is 72.7 Å². The molecule has 0 unspecified atom stereocenters. The van der Waals surface area contributed by atoms with Gasteiger partial charge in [0.2, 0.25) is 0 Å². The van der Waals surface area contributed by atoms with Crippen LogP contribution in [0, 0.1) is 11.3 Å². The fourth-order valence-corrected chi connectivity index (χ4v) is 7.23. The first kappa shape index (κ1) is 26.6. The Labute approximate surface area is 242 Å². The van der Waals surface area contributed by atoms with Crippen LogP contribution in [0.15, 0.2) is 55.2 Å². The minimum absolute atomic E-state index is 0.143. The van der Waals surface area contributed by atoms with E-state index in [0.29, 0.717) is 47.6 Å². The van der Waals surface area contributed by atoms with E-state index in [1.165, 1.54) is 12.4 Å². The molecule has 2 saturated heterocycles. The minimum Gasteiger partial charge on any atom is -0.346 e. The van der Waals surface area contributed by atoms with E-state index in [1.807, 2.05) is 23.1 Å². The summed E-state index contributed by atoms with van der Waals surface area (Å²) < 4.78 is 41.7. The Bertz CT molecular complexity index is 1840. The predicted molar refractivity (Wildman–Crippen MR) is 151 cm³/mol. The summed E-state index contributed by atoms with van der Waals surface area (Å²) in [6.07, 6.45) is 4.55. The number of rotatable bonds is 5. The first-order valence-electron chi connectivity index (χ1n) is 13.6. The number of nitrogens with zero attached hydrogens (tertiary/aromatic N) is 7. The van der Waals surface area contributed by atoms with Crippen molar-refractivity contribution in [3.05, 3.63) is 65.7 Å². The molecule has 2 aliphatic heterocycles. The van der Waals surface area contributed by atoms with Crippen molar-refractivity contribution < 1.29 is 18.0 Å². The lowest BCUT2D eigenvalue weighted by molar-refractivity contribution is -0.137. The molecule has 0 spiro atoms. The number of fused-ring (bicyclic) bond motifs is 2. The molecule has 4 aromatic heterocycles. The predicted octanol–water partition coefficient (Wildman–Crippen LogP) is 5.28. The molecule has 214 valence electrons. The van der Waals surface area contributed by atoms with Crippen LogP contribution in [0.4, 0.5) is 13.2 Å². The lowest BCUT2D eigenvalue weighted by Gasteiger charge is -2.53. The van der Waals surface area contributed by atoms with E-state index in [4.69, 9.17) is 0 Å². The second kappa shape index (κ2) is 9.92. The fourth-order valence-electron chi connectivity index (χ4n) is 6.16. The molecule has 5 aromatic rings. The molecule has 9 nitrogen and oxygen atoms in total. The Morgan fingerprint density at radius 1 is 1.17 bits per heavy atom. The SMILES string of the molecule is N#CCC1(n2cc(-c3ncnc4[nH]ccc34)cn2)CN(C2CCN(C(=O)c3cc4ccc(C(F)(F)F)cc4s3)CC2)C1. The van der Waals surface area contributed by atoms with Crippen LogP contribution in [-0.2, 0) is 11.7 Å². The van der Waals surface area contributed by atoms with Crippen LogP contribution in [0.3, 0.4) is 0 Å². The number of hydrogen-bond acceptors (Lipinski definition) is 7. The van der Waals surface area contributed by atoms with E-state index in [0.717, 1.165) is 58.6 Å². The number of hydrogen-bond donors (Lipinski definition) is 1. The summed E-state index contributed by atoms with van der Waals surface area (Å²) in [7, 11) is 0. The highest BCUT2D eigenvalue weighted by atomic mass is 32.1. The molecular weight excluding hydrogens is 565 g/mol. The largest absolute Gasteiger partial charge is 0.416 e. The number of halogens is 3. The zero-order valence-electron chi connectivity index (χ0n) is 22.3. The van der Waals surface area contributed by atoms with Crippen molar-refractivity contribution in [3.8, 4) is 17.3 Å². The van der Waals surface area contributed by atoms with Crippen molar-refractivity contribution in [2.75, 3.05) is 26.2 Å². The smallest absolute Gasteiger partial charge is 0.346 e. The van der Waals surface area contributed by atoms with Crippen molar-refractivity contribution >= 4 is 38.4 Å². The third-order valence-electron chi connectivity index (χ3n) is 8.43. The Hall–Kier alpha value is -4.28. The van der Waals surface area contributed by atoms with Gasteiger partial charge in [-0.25, -0.2) is 9.97 Å². The molecule has 42 heavy (non-hydrogen) atoms. The Morgan fingerprint density at radius 3 is 2.74 bits per heavy atom. The van der Waals surface area contributed by atoms with Gasteiger partial charge >= 0.3 is 6.18 Å². The molecule has 0 bridgehead atoms. The number of benzene rings is 1. The quantitative estimate of drug-likeness (QED) is 0.298. The Balaban J connectivity index is 1.00. The molecule has 1 aromatic carbocycles. The molecule has 1 amide bonds. The lowest BCUT2D eigenvalue weighted by Crippen LogP contribution is -2.66. The van der Waals surface area contributed by atoms with Gasteiger partial charge in [-0.1, -0.05) is 6.07 Å². The average molecular weight is 591 g/mol. The van der Waals surface area contributed by atoms with E-state index >= 15 is 0 Å². The number of nitrogens with one attached hydrogen (secondary N) is 1. The molecule has 0 saturated carbocycles. The zero-order chi connectivity index (χ0) is 29.1. The summed E-state index contributed by atoms with van der Waals surface area (Å²) >= 11 is 1.10. The topological polar surface area (TPSA) is 107 Å².